The molecule has 0 radical (unpaired) electrons. The zero-order valence-corrected chi connectivity index (χ0v) is 12.7. The molecule has 0 saturated heterocycles. The fourth-order valence-electron chi connectivity index (χ4n) is 2.37. The molecule has 2 aromatic rings. The molecular formula is C17H13NO6. The molecule has 0 amide bonds. The number of benzene rings is 2. The van der Waals surface area contributed by atoms with E-state index >= 15 is 0 Å². The van der Waals surface area contributed by atoms with Gasteiger partial charge in [0.1, 0.15) is 0 Å². The van der Waals surface area contributed by atoms with Crippen molar-refractivity contribution in [2.45, 2.75) is 6.92 Å². The number of hydrogen-bond donors (Lipinski definition) is 1. The molecule has 1 aliphatic heterocycles. The fourth-order valence-corrected chi connectivity index (χ4v) is 2.37. The Balaban J connectivity index is 1.89. The van der Waals surface area contributed by atoms with E-state index in [0.717, 1.165) is 0 Å². The summed E-state index contributed by atoms with van der Waals surface area (Å²) in [6.07, 6.45) is 2.79. The number of fused-ring (bicyclic) bond motifs is 1. The van der Waals surface area contributed by atoms with Gasteiger partial charge in [-0.1, -0.05) is 12.1 Å². The van der Waals surface area contributed by atoms with Crippen LogP contribution in [0.5, 0.6) is 17.2 Å². The smallest absolute Gasteiger partial charge is 0.311 e. The fraction of sp³-hybridized carbons (Fsp3) is 0.118. The van der Waals surface area contributed by atoms with Gasteiger partial charge < -0.3 is 14.6 Å². The van der Waals surface area contributed by atoms with Gasteiger partial charge in [-0.25, -0.2) is 0 Å². The first-order valence-electron chi connectivity index (χ1n) is 7.06. The molecule has 0 bridgehead atoms. The molecule has 1 N–H and O–H groups in total. The number of aryl methyl sites for hydroxylation is 1. The summed E-state index contributed by atoms with van der Waals surface area (Å²) in [4.78, 5) is 22.5. The Hall–Kier alpha value is -3.35. The highest BCUT2D eigenvalue weighted by atomic mass is 16.7. The van der Waals surface area contributed by atoms with E-state index in [0.29, 0.717) is 22.6 Å². The molecule has 0 spiro atoms. The second-order valence-electron chi connectivity index (χ2n) is 5.25. The maximum absolute atomic E-state index is 12.3. The number of allylic oxidation sites excluding steroid dienone is 1. The highest BCUT2D eigenvalue weighted by Gasteiger charge is 2.21. The Bertz CT molecular complexity index is 872. The number of phenols is 1. The number of phenolic OH excluding ortho intramolecular Hbond substituents is 1. The maximum atomic E-state index is 12.3. The van der Waals surface area contributed by atoms with Gasteiger partial charge in [0.25, 0.3) is 0 Å². The zero-order chi connectivity index (χ0) is 17.3. The van der Waals surface area contributed by atoms with Gasteiger partial charge in [0.2, 0.25) is 12.5 Å². The summed E-state index contributed by atoms with van der Waals surface area (Å²) in [5, 5.41) is 20.9. The summed E-state index contributed by atoms with van der Waals surface area (Å²) in [7, 11) is 0. The molecule has 122 valence electrons. The van der Waals surface area contributed by atoms with Crippen molar-refractivity contribution < 1.29 is 24.3 Å². The van der Waals surface area contributed by atoms with Crippen molar-refractivity contribution in [1.82, 2.24) is 0 Å². The second kappa shape index (κ2) is 6.04. The van der Waals surface area contributed by atoms with E-state index in [2.05, 4.69) is 0 Å². The Morgan fingerprint density at radius 2 is 2.00 bits per heavy atom. The minimum atomic E-state index is -0.722. The van der Waals surface area contributed by atoms with Crippen LogP contribution in [0.4, 0.5) is 5.69 Å². The van der Waals surface area contributed by atoms with Gasteiger partial charge >= 0.3 is 5.69 Å². The first kappa shape index (κ1) is 15.5. The van der Waals surface area contributed by atoms with Crippen LogP contribution in [0.3, 0.4) is 0 Å². The van der Waals surface area contributed by atoms with E-state index in [1.165, 1.54) is 24.3 Å². The summed E-state index contributed by atoms with van der Waals surface area (Å²) in [5.41, 5.74) is 0.613. The largest absolute Gasteiger partial charge is 0.502 e. The van der Waals surface area contributed by atoms with Crippen LogP contribution >= 0.6 is 0 Å². The Morgan fingerprint density at radius 1 is 1.25 bits per heavy atom. The number of rotatable bonds is 4. The topological polar surface area (TPSA) is 98.9 Å². The van der Waals surface area contributed by atoms with Crippen molar-refractivity contribution in [3.8, 4) is 17.2 Å². The number of nitro groups is 1. The summed E-state index contributed by atoms with van der Waals surface area (Å²) in [5.74, 6) is 0.0481. The lowest BCUT2D eigenvalue weighted by atomic mass is 10.0. The number of ether oxygens (including phenoxy) is 2. The van der Waals surface area contributed by atoms with Crippen LogP contribution in [0.25, 0.3) is 6.08 Å². The van der Waals surface area contributed by atoms with Gasteiger partial charge in [0.05, 0.1) is 10.5 Å². The Labute approximate surface area is 136 Å². The standard InChI is InChI=1S/C17H13NO6/c1-10-6-12(17(20)13(7-10)18(21)22)14(19)4-2-11-3-5-15-16(8-11)24-9-23-15/h2-8,20H,9H2,1H3/b4-2+. The van der Waals surface area contributed by atoms with Crippen LogP contribution < -0.4 is 9.47 Å². The van der Waals surface area contributed by atoms with Gasteiger partial charge in [0.15, 0.2) is 17.3 Å². The summed E-state index contributed by atoms with van der Waals surface area (Å²) in [6, 6.07) is 7.81. The Morgan fingerprint density at radius 3 is 2.75 bits per heavy atom. The molecule has 7 nitrogen and oxygen atoms in total. The quantitative estimate of drug-likeness (QED) is 0.400. The van der Waals surface area contributed by atoms with Crippen LogP contribution in [0.1, 0.15) is 21.5 Å². The van der Waals surface area contributed by atoms with Gasteiger partial charge in [-0.3, -0.25) is 14.9 Å². The number of nitro benzene ring substituents is 1. The van der Waals surface area contributed by atoms with Gasteiger partial charge in [0, 0.05) is 6.07 Å². The van der Waals surface area contributed by atoms with E-state index in [9.17, 15) is 20.0 Å². The third-order valence-electron chi connectivity index (χ3n) is 3.52. The van der Waals surface area contributed by atoms with E-state index in [4.69, 9.17) is 9.47 Å². The highest BCUT2D eigenvalue weighted by molar-refractivity contribution is 6.09. The number of aromatic hydroxyl groups is 1. The van der Waals surface area contributed by atoms with Crippen LogP contribution in [-0.4, -0.2) is 22.6 Å². The van der Waals surface area contributed by atoms with Gasteiger partial charge in [-0.2, -0.15) is 0 Å². The molecule has 2 aromatic carbocycles. The highest BCUT2D eigenvalue weighted by Crippen LogP contribution is 2.34. The molecule has 0 saturated carbocycles. The summed E-state index contributed by atoms with van der Waals surface area (Å²) >= 11 is 0. The molecule has 1 aliphatic rings. The average Bonchev–Trinajstić information content (AvgIpc) is 3.01. The number of ketones is 1. The van der Waals surface area contributed by atoms with E-state index in [1.54, 1.807) is 25.1 Å². The molecule has 0 aromatic heterocycles. The van der Waals surface area contributed by atoms with Crippen LogP contribution in [0.2, 0.25) is 0 Å². The summed E-state index contributed by atoms with van der Waals surface area (Å²) in [6.45, 7) is 1.77. The first-order chi connectivity index (χ1) is 11.5. The van der Waals surface area contributed by atoms with E-state index in [1.807, 2.05) is 0 Å². The minimum absolute atomic E-state index is 0.112. The minimum Gasteiger partial charge on any atom is -0.502 e. The van der Waals surface area contributed by atoms with Crippen molar-refractivity contribution in [3.05, 3.63) is 63.2 Å². The van der Waals surface area contributed by atoms with Crippen molar-refractivity contribution in [2.24, 2.45) is 0 Å². The number of carbonyl (C=O) groups excluding carboxylic acids is 1. The predicted molar refractivity (Wildman–Crippen MR) is 85.4 cm³/mol. The van der Waals surface area contributed by atoms with Gasteiger partial charge in [-0.15, -0.1) is 0 Å². The molecule has 24 heavy (non-hydrogen) atoms. The van der Waals surface area contributed by atoms with Crippen LogP contribution in [0.15, 0.2) is 36.4 Å². The van der Waals surface area contributed by atoms with Gasteiger partial charge in [-0.05, 0) is 42.3 Å². The van der Waals surface area contributed by atoms with Crippen LogP contribution in [0, 0.1) is 17.0 Å². The monoisotopic (exact) mass is 327 g/mol. The molecule has 0 unspecified atom stereocenters. The molecule has 0 fully saturated rings. The average molecular weight is 327 g/mol. The molecule has 3 rings (SSSR count). The molecule has 7 heteroatoms. The van der Waals surface area contributed by atoms with Crippen molar-refractivity contribution in [3.63, 3.8) is 0 Å². The van der Waals surface area contributed by atoms with Crippen LogP contribution in [-0.2, 0) is 0 Å². The predicted octanol–water partition coefficient (Wildman–Crippen LogP) is 3.23. The molecule has 0 aliphatic carbocycles. The molecule has 0 atom stereocenters. The third kappa shape index (κ3) is 2.91. The van der Waals surface area contributed by atoms with Crippen molar-refractivity contribution in [1.29, 1.82) is 0 Å². The van der Waals surface area contributed by atoms with Crippen molar-refractivity contribution in [2.75, 3.05) is 6.79 Å². The zero-order valence-electron chi connectivity index (χ0n) is 12.7. The third-order valence-corrected chi connectivity index (χ3v) is 3.52. The lowest BCUT2D eigenvalue weighted by Gasteiger charge is -2.04. The number of carbonyl (C=O) groups is 1. The van der Waals surface area contributed by atoms with E-state index < -0.39 is 22.1 Å². The molecule has 1 heterocycles. The maximum Gasteiger partial charge on any atom is 0.311 e. The lowest BCUT2D eigenvalue weighted by molar-refractivity contribution is -0.385. The van der Waals surface area contributed by atoms with E-state index in [-0.39, 0.29) is 12.4 Å². The lowest BCUT2D eigenvalue weighted by Crippen LogP contribution is -1.99. The Kier molecular flexibility index (Phi) is 3.91. The normalized spacial score (nSPS) is 12.5. The second-order valence-corrected chi connectivity index (χ2v) is 5.25. The molecular weight excluding hydrogens is 314 g/mol. The van der Waals surface area contributed by atoms with Crippen molar-refractivity contribution >= 4 is 17.5 Å². The number of hydrogen-bond acceptors (Lipinski definition) is 6. The first-order valence-corrected chi connectivity index (χ1v) is 7.06. The summed E-state index contributed by atoms with van der Waals surface area (Å²) < 4.78 is 10.5. The number of nitrogens with zero attached hydrogens (tertiary/aromatic N) is 1. The SMILES string of the molecule is Cc1cc(C(=O)/C=C/c2ccc3c(c2)OCO3)c(O)c([N+](=O)[O-])c1.